The van der Waals surface area contributed by atoms with Gasteiger partial charge in [-0.2, -0.15) is 0 Å². The predicted octanol–water partition coefficient (Wildman–Crippen LogP) is 1.43. The van der Waals surface area contributed by atoms with Gasteiger partial charge in [0, 0.05) is 58.6 Å². The first-order valence-corrected chi connectivity index (χ1v) is 7.09. The lowest BCUT2D eigenvalue weighted by molar-refractivity contribution is 0.214. The van der Waals surface area contributed by atoms with Crippen LogP contribution in [0.3, 0.4) is 0 Å². The first-order chi connectivity index (χ1) is 9.25. The van der Waals surface area contributed by atoms with Crippen molar-refractivity contribution in [2.24, 2.45) is 0 Å². The number of anilines is 1. The van der Waals surface area contributed by atoms with Gasteiger partial charge in [-0.3, -0.25) is 0 Å². The van der Waals surface area contributed by atoms with Crippen LogP contribution in [-0.4, -0.2) is 58.3 Å². The average molecular weight is 263 g/mol. The molecule has 2 rings (SSSR count). The molecule has 19 heavy (non-hydrogen) atoms. The third-order valence-corrected chi connectivity index (χ3v) is 3.43. The highest BCUT2D eigenvalue weighted by molar-refractivity contribution is 5.49. The SMILES string of the molecule is CN(C)c1cccc(OCCCN2CCNCC2)c1. The van der Waals surface area contributed by atoms with Gasteiger partial charge in [0.25, 0.3) is 0 Å². The molecule has 106 valence electrons. The fourth-order valence-corrected chi connectivity index (χ4v) is 2.26. The van der Waals surface area contributed by atoms with Crippen LogP contribution in [0.1, 0.15) is 6.42 Å². The molecule has 1 N–H and O–H groups in total. The molecule has 0 radical (unpaired) electrons. The van der Waals surface area contributed by atoms with E-state index in [2.05, 4.69) is 27.2 Å². The second-order valence-corrected chi connectivity index (χ2v) is 5.19. The molecule has 1 aromatic rings. The van der Waals surface area contributed by atoms with Gasteiger partial charge in [-0.05, 0) is 18.6 Å². The van der Waals surface area contributed by atoms with E-state index in [0.29, 0.717) is 0 Å². The zero-order valence-electron chi connectivity index (χ0n) is 12.1. The minimum Gasteiger partial charge on any atom is -0.493 e. The van der Waals surface area contributed by atoms with Crippen LogP contribution >= 0.6 is 0 Å². The third kappa shape index (κ3) is 4.73. The topological polar surface area (TPSA) is 27.7 Å². The van der Waals surface area contributed by atoms with Gasteiger partial charge in [-0.1, -0.05) is 6.07 Å². The van der Waals surface area contributed by atoms with Crippen molar-refractivity contribution in [1.82, 2.24) is 10.2 Å². The predicted molar refractivity (Wildman–Crippen MR) is 80.2 cm³/mol. The Bertz CT molecular complexity index is 375. The van der Waals surface area contributed by atoms with Gasteiger partial charge >= 0.3 is 0 Å². The maximum atomic E-state index is 5.82. The van der Waals surface area contributed by atoms with Crippen molar-refractivity contribution < 1.29 is 4.74 Å². The molecular formula is C15H25N3O. The van der Waals surface area contributed by atoms with Crippen molar-refractivity contribution in [2.45, 2.75) is 6.42 Å². The largest absolute Gasteiger partial charge is 0.493 e. The van der Waals surface area contributed by atoms with E-state index in [0.717, 1.165) is 51.5 Å². The molecule has 1 saturated heterocycles. The minimum absolute atomic E-state index is 0.792. The van der Waals surface area contributed by atoms with Crippen molar-refractivity contribution in [1.29, 1.82) is 0 Å². The normalized spacial score (nSPS) is 16.3. The molecule has 0 saturated carbocycles. The molecule has 0 aliphatic carbocycles. The average Bonchev–Trinajstić information content (AvgIpc) is 2.45. The van der Waals surface area contributed by atoms with Gasteiger partial charge in [-0.15, -0.1) is 0 Å². The molecule has 0 aromatic heterocycles. The highest BCUT2D eigenvalue weighted by Crippen LogP contribution is 2.19. The molecule has 4 heteroatoms. The van der Waals surface area contributed by atoms with Crippen molar-refractivity contribution >= 4 is 5.69 Å². The lowest BCUT2D eigenvalue weighted by Crippen LogP contribution is -2.43. The molecule has 0 amide bonds. The summed E-state index contributed by atoms with van der Waals surface area (Å²) in [6, 6.07) is 8.25. The second kappa shape index (κ2) is 7.36. The lowest BCUT2D eigenvalue weighted by atomic mass is 10.3. The number of rotatable bonds is 6. The molecule has 0 spiro atoms. The summed E-state index contributed by atoms with van der Waals surface area (Å²) >= 11 is 0. The summed E-state index contributed by atoms with van der Waals surface area (Å²) in [5, 5.41) is 3.37. The van der Waals surface area contributed by atoms with Crippen LogP contribution in [0.25, 0.3) is 0 Å². The van der Waals surface area contributed by atoms with Gasteiger partial charge in [0.1, 0.15) is 5.75 Å². The van der Waals surface area contributed by atoms with Crippen molar-refractivity contribution in [2.75, 3.05) is 58.3 Å². The van der Waals surface area contributed by atoms with Gasteiger partial charge in [-0.25, -0.2) is 0 Å². The fourth-order valence-electron chi connectivity index (χ4n) is 2.26. The summed E-state index contributed by atoms with van der Waals surface area (Å²) in [4.78, 5) is 4.59. The van der Waals surface area contributed by atoms with Crippen molar-refractivity contribution in [3.05, 3.63) is 24.3 Å². The Kier molecular flexibility index (Phi) is 5.48. The van der Waals surface area contributed by atoms with Crippen LogP contribution in [0, 0.1) is 0 Å². The standard InChI is InChI=1S/C15H25N3O/c1-17(2)14-5-3-6-15(13-14)19-12-4-9-18-10-7-16-8-11-18/h3,5-6,13,16H,4,7-12H2,1-2H3. The van der Waals surface area contributed by atoms with E-state index in [1.165, 1.54) is 5.69 Å². The number of benzene rings is 1. The minimum atomic E-state index is 0.792. The Morgan fingerprint density at radius 1 is 1.26 bits per heavy atom. The Hall–Kier alpha value is -1.26. The number of hydrogen-bond acceptors (Lipinski definition) is 4. The maximum Gasteiger partial charge on any atom is 0.121 e. The van der Waals surface area contributed by atoms with Crippen LogP contribution in [0.15, 0.2) is 24.3 Å². The second-order valence-electron chi connectivity index (χ2n) is 5.19. The molecule has 0 unspecified atom stereocenters. The molecule has 0 atom stereocenters. The van der Waals surface area contributed by atoms with Crippen molar-refractivity contribution in [3.8, 4) is 5.75 Å². The summed E-state index contributed by atoms with van der Waals surface area (Å²) in [5.74, 6) is 0.964. The Morgan fingerprint density at radius 3 is 2.79 bits per heavy atom. The van der Waals surface area contributed by atoms with Crippen molar-refractivity contribution in [3.63, 3.8) is 0 Å². The number of piperazine rings is 1. The molecule has 1 aromatic carbocycles. The smallest absolute Gasteiger partial charge is 0.121 e. The quantitative estimate of drug-likeness (QED) is 0.786. The molecule has 1 heterocycles. The molecule has 0 bridgehead atoms. The van der Waals surface area contributed by atoms with E-state index < -0.39 is 0 Å². The van der Waals surface area contributed by atoms with Gasteiger partial charge in [0.2, 0.25) is 0 Å². The summed E-state index contributed by atoms with van der Waals surface area (Å²) in [6.45, 7) is 6.49. The molecular weight excluding hydrogens is 238 g/mol. The third-order valence-electron chi connectivity index (χ3n) is 3.43. The number of hydrogen-bond donors (Lipinski definition) is 1. The monoisotopic (exact) mass is 263 g/mol. The van der Waals surface area contributed by atoms with E-state index in [9.17, 15) is 0 Å². The number of ether oxygens (including phenoxy) is 1. The zero-order chi connectivity index (χ0) is 13.5. The van der Waals surface area contributed by atoms with Gasteiger partial charge < -0.3 is 19.9 Å². The molecule has 1 aliphatic rings. The number of nitrogens with zero attached hydrogens (tertiary/aromatic N) is 2. The van der Waals surface area contributed by atoms with Crippen LogP contribution in [0.5, 0.6) is 5.75 Å². The van der Waals surface area contributed by atoms with E-state index in [1.807, 2.05) is 26.2 Å². The first kappa shape index (κ1) is 14.2. The highest BCUT2D eigenvalue weighted by Gasteiger charge is 2.08. The number of nitrogens with one attached hydrogen (secondary N) is 1. The summed E-state index contributed by atoms with van der Waals surface area (Å²) < 4.78 is 5.82. The highest BCUT2D eigenvalue weighted by atomic mass is 16.5. The Morgan fingerprint density at radius 2 is 2.05 bits per heavy atom. The zero-order valence-corrected chi connectivity index (χ0v) is 12.1. The summed E-state index contributed by atoms with van der Waals surface area (Å²) in [7, 11) is 4.09. The molecule has 1 aliphatic heterocycles. The van der Waals surface area contributed by atoms with Crippen LogP contribution in [-0.2, 0) is 0 Å². The van der Waals surface area contributed by atoms with Gasteiger partial charge in [0.05, 0.1) is 6.61 Å². The molecule has 4 nitrogen and oxygen atoms in total. The lowest BCUT2D eigenvalue weighted by Gasteiger charge is -2.27. The van der Waals surface area contributed by atoms with E-state index in [4.69, 9.17) is 4.74 Å². The van der Waals surface area contributed by atoms with E-state index in [-0.39, 0.29) is 0 Å². The summed E-state index contributed by atoms with van der Waals surface area (Å²) in [5.41, 5.74) is 1.18. The Labute approximate surface area is 116 Å². The van der Waals surface area contributed by atoms with Crippen LogP contribution < -0.4 is 15.0 Å². The van der Waals surface area contributed by atoms with Gasteiger partial charge in [0.15, 0.2) is 0 Å². The molecule has 1 fully saturated rings. The van der Waals surface area contributed by atoms with Crippen LogP contribution in [0.2, 0.25) is 0 Å². The van der Waals surface area contributed by atoms with Crippen LogP contribution in [0.4, 0.5) is 5.69 Å². The maximum absolute atomic E-state index is 5.82. The van der Waals surface area contributed by atoms with E-state index in [1.54, 1.807) is 0 Å². The first-order valence-electron chi connectivity index (χ1n) is 7.09. The summed E-state index contributed by atoms with van der Waals surface area (Å²) in [6.07, 6.45) is 1.09. The Balaban J connectivity index is 1.68. The van der Waals surface area contributed by atoms with E-state index >= 15 is 0 Å². The fraction of sp³-hybridized carbons (Fsp3) is 0.600.